The van der Waals surface area contributed by atoms with Gasteiger partial charge in [0.1, 0.15) is 17.4 Å². The summed E-state index contributed by atoms with van der Waals surface area (Å²) in [5, 5.41) is 2.15. The normalized spacial score (nSPS) is 22.0. The number of imide groups is 1. The molecular formula is C25H21ClN2O5. The van der Waals surface area contributed by atoms with Gasteiger partial charge in [-0.25, -0.2) is 9.96 Å². The van der Waals surface area contributed by atoms with Crippen LogP contribution in [0.1, 0.15) is 11.6 Å². The van der Waals surface area contributed by atoms with Gasteiger partial charge in [-0.1, -0.05) is 29.8 Å². The highest BCUT2D eigenvalue weighted by Crippen LogP contribution is 2.50. The van der Waals surface area contributed by atoms with E-state index >= 15 is 0 Å². The van der Waals surface area contributed by atoms with Crippen LogP contribution in [-0.2, 0) is 14.4 Å². The van der Waals surface area contributed by atoms with Gasteiger partial charge >= 0.3 is 0 Å². The maximum Gasteiger partial charge on any atom is 0.266 e. The number of benzene rings is 3. The first-order valence-electron chi connectivity index (χ1n) is 10.4. The van der Waals surface area contributed by atoms with E-state index < -0.39 is 24.0 Å². The van der Waals surface area contributed by atoms with Crippen LogP contribution in [0, 0.1) is 5.92 Å². The molecule has 3 aromatic carbocycles. The molecule has 3 atom stereocenters. The third-order valence-corrected chi connectivity index (χ3v) is 6.22. The quantitative estimate of drug-likeness (QED) is 0.521. The Labute approximate surface area is 196 Å². The molecule has 0 bridgehead atoms. The Morgan fingerprint density at radius 2 is 1.58 bits per heavy atom. The van der Waals surface area contributed by atoms with Crippen LogP contribution in [0.15, 0.2) is 72.8 Å². The first-order chi connectivity index (χ1) is 16.0. The summed E-state index contributed by atoms with van der Waals surface area (Å²) in [6.07, 6.45) is -0.967. The summed E-state index contributed by atoms with van der Waals surface area (Å²) >= 11 is 5.99. The third kappa shape index (κ3) is 3.50. The molecule has 0 N–H and O–H groups in total. The molecule has 0 unspecified atom stereocenters. The van der Waals surface area contributed by atoms with Crippen LogP contribution in [0.2, 0.25) is 5.02 Å². The molecule has 0 aromatic heterocycles. The highest BCUT2D eigenvalue weighted by molar-refractivity contribution is 6.31. The second-order valence-electron chi connectivity index (χ2n) is 7.75. The van der Waals surface area contributed by atoms with E-state index in [1.807, 2.05) is 36.4 Å². The summed E-state index contributed by atoms with van der Waals surface area (Å²) in [6.45, 7) is 0. The van der Waals surface area contributed by atoms with Crippen molar-refractivity contribution in [1.82, 2.24) is 0 Å². The molecule has 5 rings (SSSR count). The predicted molar refractivity (Wildman–Crippen MR) is 124 cm³/mol. The number of nitrogens with zero attached hydrogens (tertiary/aromatic N) is 2. The summed E-state index contributed by atoms with van der Waals surface area (Å²) in [5.74, 6) is -0.365. The smallest absolute Gasteiger partial charge is 0.266 e. The summed E-state index contributed by atoms with van der Waals surface area (Å²) in [4.78, 5) is 34.4. The van der Waals surface area contributed by atoms with Gasteiger partial charge in [0.25, 0.3) is 5.91 Å². The molecule has 8 heteroatoms. The average Bonchev–Trinajstić information content (AvgIpc) is 3.35. The largest absolute Gasteiger partial charge is 0.497 e. The van der Waals surface area contributed by atoms with Gasteiger partial charge in [-0.15, -0.1) is 0 Å². The molecule has 168 valence electrons. The SMILES string of the molecule is COc1ccc([C@@H]2[C@H]3C(=O)N(c4ccc(Cl)cc4)C(=O)[C@@H]3ON2c2ccccc2)c(OC)c1. The minimum atomic E-state index is -0.967. The van der Waals surface area contributed by atoms with Crippen molar-refractivity contribution in [2.24, 2.45) is 5.92 Å². The Morgan fingerprint density at radius 1 is 0.848 bits per heavy atom. The van der Waals surface area contributed by atoms with Crippen LogP contribution in [0.25, 0.3) is 0 Å². The van der Waals surface area contributed by atoms with Gasteiger partial charge in [0.05, 0.1) is 31.6 Å². The van der Waals surface area contributed by atoms with Gasteiger partial charge in [-0.05, 0) is 48.5 Å². The molecule has 0 radical (unpaired) electrons. The summed E-state index contributed by atoms with van der Waals surface area (Å²) in [7, 11) is 3.13. The van der Waals surface area contributed by atoms with Crippen molar-refractivity contribution in [3.8, 4) is 11.5 Å². The lowest BCUT2D eigenvalue weighted by Crippen LogP contribution is -2.37. The van der Waals surface area contributed by atoms with E-state index in [1.54, 1.807) is 55.7 Å². The van der Waals surface area contributed by atoms with Crippen LogP contribution < -0.4 is 19.4 Å². The minimum absolute atomic E-state index is 0.339. The highest BCUT2D eigenvalue weighted by atomic mass is 35.5. The van der Waals surface area contributed by atoms with E-state index in [0.717, 1.165) is 5.69 Å². The topological polar surface area (TPSA) is 68.3 Å². The standard InChI is InChI=1S/C25H21ClN2O5/c1-31-18-12-13-19(20(14-18)32-2)22-21-23(33-28(22)17-6-4-3-5-7-17)25(30)27(24(21)29)16-10-8-15(26)9-11-16/h3-14,21-23H,1-2H3/t21-,22-,23-/m1/s1. The van der Waals surface area contributed by atoms with E-state index in [4.69, 9.17) is 25.9 Å². The summed E-state index contributed by atoms with van der Waals surface area (Å²) in [6, 6.07) is 20.8. The molecule has 2 fully saturated rings. The third-order valence-electron chi connectivity index (χ3n) is 5.97. The molecule has 3 aromatic rings. The molecule has 33 heavy (non-hydrogen) atoms. The Balaban J connectivity index is 1.62. The zero-order valence-electron chi connectivity index (χ0n) is 18.0. The molecular weight excluding hydrogens is 444 g/mol. The Morgan fingerprint density at radius 3 is 2.24 bits per heavy atom. The molecule has 0 saturated carbocycles. The van der Waals surface area contributed by atoms with Crippen LogP contribution in [-0.4, -0.2) is 32.1 Å². The number of hydrogen-bond donors (Lipinski definition) is 0. The number of halogens is 1. The number of amides is 2. The molecule has 7 nitrogen and oxygen atoms in total. The number of carbonyl (C=O) groups excluding carboxylic acids is 2. The number of para-hydroxylation sites is 1. The lowest BCUT2D eigenvalue weighted by Gasteiger charge is -2.29. The Hall–Kier alpha value is -3.55. The van der Waals surface area contributed by atoms with Gasteiger partial charge in [0.15, 0.2) is 6.10 Å². The number of anilines is 2. The summed E-state index contributed by atoms with van der Waals surface area (Å²) < 4.78 is 11.0. The predicted octanol–water partition coefficient (Wildman–Crippen LogP) is 4.41. The van der Waals surface area contributed by atoms with Crippen molar-refractivity contribution in [3.63, 3.8) is 0 Å². The summed E-state index contributed by atoms with van der Waals surface area (Å²) in [5.41, 5.74) is 1.90. The monoisotopic (exact) mass is 464 g/mol. The van der Waals surface area contributed by atoms with Gasteiger partial charge in [-0.2, -0.15) is 0 Å². The maximum atomic E-state index is 13.7. The van der Waals surface area contributed by atoms with Gasteiger partial charge in [0.2, 0.25) is 5.91 Å². The minimum Gasteiger partial charge on any atom is -0.497 e. The van der Waals surface area contributed by atoms with E-state index in [2.05, 4.69) is 0 Å². The fourth-order valence-electron chi connectivity index (χ4n) is 4.44. The number of methoxy groups -OCH3 is 2. The lowest BCUT2D eigenvalue weighted by molar-refractivity contribution is -0.126. The number of fused-ring (bicyclic) bond motifs is 1. The lowest BCUT2D eigenvalue weighted by atomic mass is 9.90. The van der Waals surface area contributed by atoms with Gasteiger partial charge < -0.3 is 9.47 Å². The van der Waals surface area contributed by atoms with Gasteiger partial charge in [-0.3, -0.25) is 14.4 Å². The van der Waals surface area contributed by atoms with Crippen LogP contribution in [0.3, 0.4) is 0 Å². The van der Waals surface area contributed by atoms with Gasteiger partial charge in [0, 0.05) is 16.7 Å². The van der Waals surface area contributed by atoms with E-state index in [-0.39, 0.29) is 5.91 Å². The van der Waals surface area contributed by atoms with Crippen molar-refractivity contribution < 1.29 is 23.9 Å². The Bertz CT molecular complexity index is 1200. The highest BCUT2D eigenvalue weighted by Gasteiger charge is 2.60. The molecule has 2 amide bonds. The fourth-order valence-corrected chi connectivity index (χ4v) is 4.56. The van der Waals surface area contributed by atoms with E-state index in [1.165, 1.54) is 4.90 Å². The van der Waals surface area contributed by atoms with E-state index in [9.17, 15) is 9.59 Å². The molecule has 2 heterocycles. The fraction of sp³-hybridized carbons (Fsp3) is 0.200. The number of ether oxygens (including phenoxy) is 2. The van der Waals surface area contributed by atoms with Crippen LogP contribution >= 0.6 is 11.6 Å². The van der Waals surface area contributed by atoms with Crippen molar-refractivity contribution in [2.45, 2.75) is 12.1 Å². The van der Waals surface area contributed by atoms with Crippen LogP contribution in [0.5, 0.6) is 11.5 Å². The second-order valence-corrected chi connectivity index (χ2v) is 8.19. The maximum absolute atomic E-state index is 13.7. The molecule has 0 aliphatic carbocycles. The molecule has 2 aliphatic rings. The number of carbonyl (C=O) groups is 2. The Kier molecular flexibility index (Phi) is 5.44. The first-order valence-corrected chi connectivity index (χ1v) is 10.8. The van der Waals surface area contributed by atoms with Crippen LogP contribution in [0.4, 0.5) is 11.4 Å². The second kappa shape index (κ2) is 8.42. The zero-order valence-corrected chi connectivity index (χ0v) is 18.7. The van der Waals surface area contributed by atoms with Crippen molar-refractivity contribution >= 4 is 34.8 Å². The van der Waals surface area contributed by atoms with Crippen molar-refractivity contribution in [2.75, 3.05) is 24.2 Å². The number of rotatable bonds is 5. The van der Waals surface area contributed by atoms with E-state index in [0.29, 0.717) is 27.8 Å². The van der Waals surface area contributed by atoms with Crippen molar-refractivity contribution in [3.05, 3.63) is 83.4 Å². The zero-order chi connectivity index (χ0) is 23.1. The van der Waals surface area contributed by atoms with Crippen molar-refractivity contribution in [1.29, 1.82) is 0 Å². The first kappa shape index (κ1) is 21.3. The molecule has 2 aliphatic heterocycles. The average molecular weight is 465 g/mol. The molecule has 2 saturated heterocycles. The number of hydrogen-bond acceptors (Lipinski definition) is 6. The number of hydroxylamine groups is 1. The molecule has 0 spiro atoms.